The van der Waals surface area contributed by atoms with Crippen LogP contribution in [0, 0.1) is 5.92 Å². The molecule has 0 bridgehead atoms. The van der Waals surface area contributed by atoms with Gasteiger partial charge >= 0.3 is 0 Å². The highest BCUT2D eigenvalue weighted by molar-refractivity contribution is 5.73. The highest BCUT2D eigenvalue weighted by Crippen LogP contribution is 2.29. The van der Waals surface area contributed by atoms with E-state index in [4.69, 9.17) is 5.73 Å². The molecule has 17 heavy (non-hydrogen) atoms. The Labute approximate surface area is 101 Å². The predicted octanol–water partition coefficient (Wildman–Crippen LogP) is 1.36. The van der Waals surface area contributed by atoms with Crippen molar-refractivity contribution in [2.45, 2.75) is 45.2 Å². The predicted molar refractivity (Wildman–Crippen MR) is 66.5 cm³/mol. The summed E-state index contributed by atoms with van der Waals surface area (Å²) in [6.07, 6.45) is 8.62. The number of nitrogens with zero attached hydrogens (tertiary/aromatic N) is 2. The van der Waals surface area contributed by atoms with Crippen LogP contribution in [-0.4, -0.2) is 21.7 Å². The van der Waals surface area contributed by atoms with Crippen molar-refractivity contribution >= 4 is 11.6 Å². The summed E-state index contributed by atoms with van der Waals surface area (Å²) in [4.78, 5) is 10.7. The normalized spacial score (nSPS) is 23.8. The van der Waals surface area contributed by atoms with Crippen LogP contribution >= 0.6 is 0 Å². The van der Waals surface area contributed by atoms with Gasteiger partial charge in [0.1, 0.15) is 6.54 Å². The van der Waals surface area contributed by atoms with Crippen molar-refractivity contribution in [2.75, 3.05) is 5.32 Å². The molecule has 1 fully saturated rings. The van der Waals surface area contributed by atoms with E-state index in [0.717, 1.165) is 11.6 Å². The largest absolute Gasteiger partial charge is 0.380 e. The average Bonchev–Trinajstić information content (AvgIpc) is 2.88. The van der Waals surface area contributed by atoms with Crippen LogP contribution in [0.25, 0.3) is 0 Å². The van der Waals surface area contributed by atoms with E-state index in [-0.39, 0.29) is 12.5 Å². The lowest BCUT2D eigenvalue weighted by Crippen LogP contribution is -2.19. The monoisotopic (exact) mass is 236 g/mol. The minimum absolute atomic E-state index is 0.143. The summed E-state index contributed by atoms with van der Waals surface area (Å²) in [6, 6.07) is 0.547. The molecule has 1 aliphatic carbocycles. The quantitative estimate of drug-likeness (QED) is 0.810. The Morgan fingerprint density at radius 2 is 2.47 bits per heavy atom. The van der Waals surface area contributed by atoms with E-state index >= 15 is 0 Å². The lowest BCUT2D eigenvalue weighted by molar-refractivity contribution is -0.118. The average molecular weight is 236 g/mol. The summed E-state index contributed by atoms with van der Waals surface area (Å²) in [5.41, 5.74) is 6.09. The summed E-state index contributed by atoms with van der Waals surface area (Å²) in [5.74, 6) is 0.486. The van der Waals surface area contributed by atoms with E-state index in [1.54, 1.807) is 10.9 Å². The zero-order valence-electron chi connectivity index (χ0n) is 10.2. The lowest BCUT2D eigenvalue weighted by atomic mass is 10.1. The number of carbonyl (C=O) groups is 1. The molecule has 2 rings (SSSR count). The molecule has 3 N–H and O–H groups in total. The number of rotatable bonds is 5. The molecule has 2 atom stereocenters. The van der Waals surface area contributed by atoms with Crippen LogP contribution in [0.1, 0.15) is 32.6 Å². The van der Waals surface area contributed by atoms with Gasteiger partial charge in [-0.25, -0.2) is 0 Å². The molecule has 0 saturated heterocycles. The van der Waals surface area contributed by atoms with Gasteiger partial charge in [0.15, 0.2) is 0 Å². The summed E-state index contributed by atoms with van der Waals surface area (Å²) in [5, 5.41) is 7.55. The molecule has 1 aliphatic rings. The van der Waals surface area contributed by atoms with E-state index in [9.17, 15) is 4.79 Å². The topological polar surface area (TPSA) is 72.9 Å². The van der Waals surface area contributed by atoms with Gasteiger partial charge in [0.25, 0.3) is 0 Å². The van der Waals surface area contributed by atoms with Gasteiger partial charge in [-0.05, 0) is 25.2 Å². The molecular weight excluding hydrogens is 216 g/mol. The maximum Gasteiger partial charge on any atom is 0.239 e. The van der Waals surface area contributed by atoms with Crippen molar-refractivity contribution in [1.29, 1.82) is 0 Å². The Hall–Kier alpha value is -1.52. The second-order valence-electron chi connectivity index (χ2n) is 4.82. The van der Waals surface area contributed by atoms with Crippen molar-refractivity contribution in [2.24, 2.45) is 11.7 Å². The number of hydrogen-bond donors (Lipinski definition) is 2. The van der Waals surface area contributed by atoms with Crippen LogP contribution in [0.15, 0.2) is 12.4 Å². The second-order valence-corrected chi connectivity index (χ2v) is 4.82. The summed E-state index contributed by atoms with van der Waals surface area (Å²) < 4.78 is 1.57. The van der Waals surface area contributed by atoms with Crippen molar-refractivity contribution in [3.63, 3.8) is 0 Å². The van der Waals surface area contributed by atoms with Crippen molar-refractivity contribution in [3.8, 4) is 0 Å². The van der Waals surface area contributed by atoms with Crippen LogP contribution in [0.2, 0.25) is 0 Å². The number of nitrogens with two attached hydrogens (primary N) is 1. The number of aromatic nitrogens is 2. The van der Waals surface area contributed by atoms with Crippen LogP contribution in [0.5, 0.6) is 0 Å². The maximum absolute atomic E-state index is 10.7. The van der Waals surface area contributed by atoms with E-state index in [0.29, 0.717) is 6.04 Å². The standard InChI is InChI=1S/C12H20N4O/c1-2-9-3-4-10(5-9)15-11-6-14-16(7-11)8-12(13)17/h6-7,9-10,15H,2-5,8H2,1H3,(H2,13,17). The molecule has 1 amide bonds. The van der Waals surface area contributed by atoms with Crippen LogP contribution in [0.4, 0.5) is 5.69 Å². The second kappa shape index (κ2) is 5.21. The van der Waals surface area contributed by atoms with Crippen LogP contribution < -0.4 is 11.1 Å². The van der Waals surface area contributed by atoms with Crippen molar-refractivity contribution in [3.05, 3.63) is 12.4 Å². The lowest BCUT2D eigenvalue weighted by Gasteiger charge is -2.12. The first kappa shape index (κ1) is 12.0. The van der Waals surface area contributed by atoms with Crippen molar-refractivity contribution < 1.29 is 4.79 Å². The Bertz CT molecular complexity index is 388. The number of hydrogen-bond acceptors (Lipinski definition) is 3. The summed E-state index contributed by atoms with van der Waals surface area (Å²) >= 11 is 0. The third-order valence-electron chi connectivity index (χ3n) is 3.44. The molecule has 2 unspecified atom stereocenters. The van der Waals surface area contributed by atoms with E-state index < -0.39 is 0 Å². The molecule has 0 aliphatic heterocycles. The molecule has 1 heterocycles. The molecule has 94 valence electrons. The Morgan fingerprint density at radius 1 is 1.65 bits per heavy atom. The fraction of sp³-hybridized carbons (Fsp3) is 0.667. The van der Waals surface area contributed by atoms with Gasteiger partial charge in [-0.1, -0.05) is 13.3 Å². The molecule has 0 aromatic carbocycles. The first-order valence-electron chi connectivity index (χ1n) is 6.24. The number of nitrogens with one attached hydrogen (secondary N) is 1. The summed E-state index contributed by atoms with van der Waals surface area (Å²) in [7, 11) is 0. The molecular formula is C12H20N4O. The number of carbonyl (C=O) groups excluding carboxylic acids is 1. The van der Waals surface area contributed by atoms with Gasteiger partial charge in [0, 0.05) is 12.2 Å². The molecule has 0 radical (unpaired) electrons. The van der Waals surface area contributed by atoms with E-state index in [1.807, 2.05) is 6.20 Å². The minimum Gasteiger partial charge on any atom is -0.380 e. The smallest absolute Gasteiger partial charge is 0.239 e. The number of amides is 1. The van der Waals surface area contributed by atoms with E-state index in [1.165, 1.54) is 25.7 Å². The number of anilines is 1. The molecule has 0 spiro atoms. The van der Waals surface area contributed by atoms with Crippen LogP contribution in [0.3, 0.4) is 0 Å². The first-order chi connectivity index (χ1) is 8.17. The molecule has 1 aromatic heterocycles. The van der Waals surface area contributed by atoms with Gasteiger partial charge < -0.3 is 11.1 Å². The fourth-order valence-electron chi connectivity index (χ4n) is 2.50. The Morgan fingerprint density at radius 3 is 3.12 bits per heavy atom. The van der Waals surface area contributed by atoms with Gasteiger partial charge in [0.2, 0.25) is 5.91 Å². The van der Waals surface area contributed by atoms with E-state index in [2.05, 4.69) is 17.3 Å². The summed E-state index contributed by atoms with van der Waals surface area (Å²) in [6.45, 7) is 2.39. The fourth-order valence-corrected chi connectivity index (χ4v) is 2.50. The Balaban J connectivity index is 1.87. The molecule has 1 saturated carbocycles. The molecule has 1 aromatic rings. The highest BCUT2D eigenvalue weighted by Gasteiger charge is 2.23. The van der Waals surface area contributed by atoms with Gasteiger partial charge in [-0.3, -0.25) is 9.48 Å². The zero-order chi connectivity index (χ0) is 12.3. The third-order valence-corrected chi connectivity index (χ3v) is 3.44. The third kappa shape index (κ3) is 3.22. The van der Waals surface area contributed by atoms with Gasteiger partial charge in [0.05, 0.1) is 11.9 Å². The highest BCUT2D eigenvalue weighted by atomic mass is 16.1. The SMILES string of the molecule is CCC1CCC(Nc2cnn(CC(N)=O)c2)C1. The number of primary amides is 1. The van der Waals surface area contributed by atoms with Gasteiger partial charge in [-0.15, -0.1) is 0 Å². The Kier molecular flexibility index (Phi) is 3.66. The van der Waals surface area contributed by atoms with Crippen LogP contribution in [-0.2, 0) is 11.3 Å². The zero-order valence-corrected chi connectivity index (χ0v) is 10.2. The van der Waals surface area contributed by atoms with Crippen molar-refractivity contribution in [1.82, 2.24) is 9.78 Å². The molecule has 5 nitrogen and oxygen atoms in total. The first-order valence-corrected chi connectivity index (χ1v) is 6.24. The molecule has 5 heteroatoms. The maximum atomic E-state index is 10.7. The minimum atomic E-state index is -0.369. The van der Waals surface area contributed by atoms with Gasteiger partial charge in [-0.2, -0.15) is 5.10 Å².